The van der Waals surface area contributed by atoms with Crippen LogP contribution in [0.4, 0.5) is 5.13 Å². The first kappa shape index (κ1) is 24.5. The van der Waals surface area contributed by atoms with Crippen molar-refractivity contribution in [1.82, 2.24) is 30.0 Å². The Morgan fingerprint density at radius 2 is 1.89 bits per heavy atom. The van der Waals surface area contributed by atoms with Crippen molar-refractivity contribution in [2.75, 3.05) is 19.5 Å². The standard InChI is InChI=1S/C24H20ClN7O4S/c1-12-6-13(14-7-20(25)27-9-18(14)35-2)15(8-26-12)22(33)29-24-28-17-10-32(11-19(17)37-24)23(34)16-4-5-21(36-3)31-30-16/h4-9H,10-11H2,1-3H3,(H,28,29,33). The Hall–Kier alpha value is -4.16. The van der Waals surface area contributed by atoms with Crippen molar-refractivity contribution in [3.8, 4) is 22.8 Å². The quantitative estimate of drug-likeness (QED) is 0.365. The number of hydrogen-bond donors (Lipinski definition) is 1. The van der Waals surface area contributed by atoms with Gasteiger partial charge in [-0.25, -0.2) is 9.97 Å². The highest BCUT2D eigenvalue weighted by atomic mass is 35.5. The molecule has 0 unspecified atom stereocenters. The van der Waals surface area contributed by atoms with Crippen LogP contribution in [0.25, 0.3) is 11.1 Å². The lowest BCUT2D eigenvalue weighted by Gasteiger charge is -2.15. The highest BCUT2D eigenvalue weighted by molar-refractivity contribution is 7.16. The predicted molar refractivity (Wildman–Crippen MR) is 136 cm³/mol. The minimum atomic E-state index is -0.383. The van der Waals surface area contributed by atoms with Gasteiger partial charge in [-0.15, -0.1) is 10.2 Å². The highest BCUT2D eigenvalue weighted by Crippen LogP contribution is 2.35. The van der Waals surface area contributed by atoms with E-state index >= 15 is 0 Å². The first-order valence-electron chi connectivity index (χ1n) is 11.0. The number of fused-ring (bicyclic) bond motifs is 1. The lowest BCUT2D eigenvalue weighted by Crippen LogP contribution is -2.26. The average molecular weight is 538 g/mol. The predicted octanol–water partition coefficient (Wildman–Crippen LogP) is 3.78. The number of carbonyl (C=O) groups excluding carboxylic acids is 2. The van der Waals surface area contributed by atoms with Gasteiger partial charge in [-0.3, -0.25) is 19.9 Å². The van der Waals surface area contributed by atoms with E-state index < -0.39 is 0 Å². The first-order chi connectivity index (χ1) is 17.9. The second kappa shape index (κ2) is 10.1. The third-order valence-electron chi connectivity index (χ3n) is 5.66. The Balaban J connectivity index is 1.34. The number of nitrogens with one attached hydrogen (secondary N) is 1. The Labute approximate surface area is 220 Å². The van der Waals surface area contributed by atoms with Gasteiger partial charge in [0.2, 0.25) is 5.88 Å². The van der Waals surface area contributed by atoms with Crippen molar-refractivity contribution in [3.63, 3.8) is 0 Å². The van der Waals surface area contributed by atoms with E-state index in [0.717, 1.165) is 16.3 Å². The van der Waals surface area contributed by atoms with E-state index in [2.05, 4.69) is 30.5 Å². The zero-order valence-corrected chi connectivity index (χ0v) is 21.6. The number of halogens is 1. The molecule has 0 aliphatic carbocycles. The van der Waals surface area contributed by atoms with E-state index in [1.165, 1.54) is 38.0 Å². The molecule has 4 aromatic rings. The topological polar surface area (TPSA) is 132 Å². The average Bonchev–Trinajstić information content (AvgIpc) is 3.47. The van der Waals surface area contributed by atoms with Gasteiger partial charge in [0, 0.05) is 29.1 Å². The van der Waals surface area contributed by atoms with Crippen molar-refractivity contribution in [2.24, 2.45) is 0 Å². The van der Waals surface area contributed by atoms with Crippen LogP contribution in [-0.2, 0) is 13.1 Å². The van der Waals surface area contributed by atoms with E-state index in [4.69, 9.17) is 21.1 Å². The molecule has 5 rings (SSSR count). The molecule has 0 bridgehead atoms. The summed E-state index contributed by atoms with van der Waals surface area (Å²) in [4.78, 5) is 41.5. The number of carbonyl (C=O) groups is 2. The summed E-state index contributed by atoms with van der Waals surface area (Å²) >= 11 is 7.44. The van der Waals surface area contributed by atoms with Crippen molar-refractivity contribution >= 4 is 39.9 Å². The number of amides is 2. The van der Waals surface area contributed by atoms with Gasteiger partial charge in [-0.05, 0) is 25.1 Å². The number of pyridine rings is 2. The zero-order valence-electron chi connectivity index (χ0n) is 20.0. The van der Waals surface area contributed by atoms with E-state index in [9.17, 15) is 9.59 Å². The van der Waals surface area contributed by atoms with Crippen molar-refractivity contribution in [1.29, 1.82) is 0 Å². The maximum absolute atomic E-state index is 13.3. The maximum Gasteiger partial charge on any atom is 0.275 e. The Morgan fingerprint density at radius 1 is 1.05 bits per heavy atom. The van der Waals surface area contributed by atoms with Crippen LogP contribution >= 0.6 is 22.9 Å². The van der Waals surface area contributed by atoms with Crippen LogP contribution in [0.1, 0.15) is 37.1 Å². The number of anilines is 1. The fraction of sp³-hybridized carbons (Fsp3) is 0.208. The molecule has 0 saturated carbocycles. The molecule has 1 N–H and O–H groups in total. The van der Waals surface area contributed by atoms with Crippen LogP contribution in [0.2, 0.25) is 5.15 Å². The summed E-state index contributed by atoms with van der Waals surface area (Å²) < 4.78 is 10.4. The SMILES string of the molecule is COc1ccc(C(=O)N2Cc3nc(NC(=O)c4cnc(C)cc4-c4cc(Cl)ncc4OC)sc3C2)nn1. The molecule has 0 spiro atoms. The minimum Gasteiger partial charge on any atom is -0.494 e. The highest BCUT2D eigenvalue weighted by Gasteiger charge is 2.29. The summed E-state index contributed by atoms with van der Waals surface area (Å²) in [7, 11) is 3.00. The Bertz CT molecular complexity index is 1490. The molecule has 188 valence electrons. The van der Waals surface area contributed by atoms with Gasteiger partial charge in [0.15, 0.2) is 10.8 Å². The van der Waals surface area contributed by atoms with E-state index in [-0.39, 0.29) is 22.7 Å². The van der Waals surface area contributed by atoms with Gasteiger partial charge in [0.25, 0.3) is 11.8 Å². The molecular formula is C24H20ClN7O4S. The van der Waals surface area contributed by atoms with Crippen LogP contribution in [0.15, 0.2) is 36.7 Å². The summed E-state index contributed by atoms with van der Waals surface area (Å²) in [6.07, 6.45) is 3.01. The molecule has 1 aliphatic rings. The lowest BCUT2D eigenvalue weighted by molar-refractivity contribution is 0.0743. The van der Waals surface area contributed by atoms with Crippen LogP contribution in [0, 0.1) is 6.92 Å². The molecule has 0 aromatic carbocycles. The number of aryl methyl sites for hydroxylation is 1. The van der Waals surface area contributed by atoms with Gasteiger partial charge < -0.3 is 14.4 Å². The normalized spacial score (nSPS) is 12.3. The molecule has 37 heavy (non-hydrogen) atoms. The summed E-state index contributed by atoms with van der Waals surface area (Å²) in [5, 5.41) is 11.3. The molecule has 0 atom stereocenters. The van der Waals surface area contributed by atoms with E-state index in [1.807, 2.05) is 6.92 Å². The molecule has 1 aliphatic heterocycles. The molecule has 13 heteroatoms. The smallest absolute Gasteiger partial charge is 0.275 e. The number of hydrogen-bond acceptors (Lipinski definition) is 10. The number of methoxy groups -OCH3 is 2. The third-order valence-corrected chi connectivity index (χ3v) is 6.86. The second-order valence-electron chi connectivity index (χ2n) is 8.04. The molecule has 2 amide bonds. The van der Waals surface area contributed by atoms with E-state index in [0.29, 0.717) is 46.5 Å². The zero-order chi connectivity index (χ0) is 26.1. The molecule has 0 saturated heterocycles. The van der Waals surface area contributed by atoms with Gasteiger partial charge in [0.05, 0.1) is 49.6 Å². The van der Waals surface area contributed by atoms with Gasteiger partial charge in [-0.1, -0.05) is 22.9 Å². The third kappa shape index (κ3) is 4.93. The number of nitrogens with zero attached hydrogens (tertiary/aromatic N) is 6. The Morgan fingerprint density at radius 3 is 2.59 bits per heavy atom. The fourth-order valence-corrected chi connectivity index (χ4v) is 5.00. The molecular weight excluding hydrogens is 518 g/mol. The maximum atomic E-state index is 13.3. The summed E-state index contributed by atoms with van der Waals surface area (Å²) in [6, 6.07) is 6.58. The first-order valence-corrected chi connectivity index (χ1v) is 12.2. The fourth-order valence-electron chi connectivity index (χ4n) is 3.86. The number of aromatic nitrogens is 5. The van der Waals surface area contributed by atoms with Crippen molar-refractivity contribution in [3.05, 3.63) is 69.3 Å². The molecule has 4 aromatic heterocycles. The second-order valence-corrected chi connectivity index (χ2v) is 9.51. The summed E-state index contributed by atoms with van der Waals surface area (Å²) in [5.74, 6) is 0.165. The molecule has 0 radical (unpaired) electrons. The van der Waals surface area contributed by atoms with Crippen LogP contribution in [0.3, 0.4) is 0 Å². The Kier molecular flexibility index (Phi) is 6.68. The summed E-state index contributed by atoms with van der Waals surface area (Å²) in [5.41, 5.74) is 3.22. The summed E-state index contributed by atoms with van der Waals surface area (Å²) in [6.45, 7) is 2.49. The molecule has 11 nitrogen and oxygen atoms in total. The molecule has 5 heterocycles. The van der Waals surface area contributed by atoms with Crippen LogP contribution in [0.5, 0.6) is 11.6 Å². The lowest BCUT2D eigenvalue weighted by atomic mass is 10.0. The molecule has 0 fully saturated rings. The van der Waals surface area contributed by atoms with E-state index in [1.54, 1.807) is 29.2 Å². The van der Waals surface area contributed by atoms with Gasteiger partial charge >= 0.3 is 0 Å². The van der Waals surface area contributed by atoms with Gasteiger partial charge in [0.1, 0.15) is 10.9 Å². The minimum absolute atomic E-state index is 0.218. The largest absolute Gasteiger partial charge is 0.494 e. The van der Waals surface area contributed by atoms with Crippen molar-refractivity contribution in [2.45, 2.75) is 20.0 Å². The number of ether oxygens (including phenoxy) is 2. The monoisotopic (exact) mass is 537 g/mol. The van der Waals surface area contributed by atoms with Crippen molar-refractivity contribution < 1.29 is 19.1 Å². The number of rotatable bonds is 6. The number of thiazole rings is 1. The van der Waals surface area contributed by atoms with Crippen LogP contribution < -0.4 is 14.8 Å². The van der Waals surface area contributed by atoms with Crippen LogP contribution in [-0.4, -0.2) is 56.1 Å². The van der Waals surface area contributed by atoms with Gasteiger partial charge in [-0.2, -0.15) is 0 Å².